The van der Waals surface area contributed by atoms with Gasteiger partial charge in [-0.15, -0.1) is 0 Å². The zero-order valence-corrected chi connectivity index (χ0v) is 16.6. The second kappa shape index (κ2) is 6.83. The Hall–Kier alpha value is -3.95. The van der Waals surface area contributed by atoms with E-state index in [1.165, 1.54) is 6.33 Å². The number of amides is 1. The Morgan fingerprint density at radius 1 is 1.17 bits per heavy atom. The number of aryl methyl sites for hydroxylation is 1. The molecule has 0 aliphatic carbocycles. The minimum atomic E-state index is -0.244. The number of hydrogen-bond acceptors (Lipinski definition) is 7. The maximum atomic E-state index is 12.7. The Labute approximate surface area is 171 Å². The van der Waals surface area contributed by atoms with Crippen LogP contribution in [0.1, 0.15) is 29.2 Å². The standard InChI is InChI=1S/C20H19N7O3/c1-10-16-13(12-6-11(29-2)4-5-14(12)30-3)7-15(28)25-19(16)27(26-10)20-17-18(22-8-21-17)23-9-24-20/h4-6,8-9,13H,7H2,1-3H3,(H,25,28)(H,21,22,23,24). The molecule has 0 spiro atoms. The molecule has 0 radical (unpaired) electrons. The molecule has 30 heavy (non-hydrogen) atoms. The van der Waals surface area contributed by atoms with Gasteiger partial charge < -0.3 is 19.8 Å². The number of imidazole rings is 1. The lowest BCUT2D eigenvalue weighted by Gasteiger charge is -2.26. The van der Waals surface area contributed by atoms with Crippen molar-refractivity contribution in [3.8, 4) is 17.3 Å². The quantitative estimate of drug-likeness (QED) is 0.535. The molecule has 3 aromatic heterocycles. The molecule has 0 saturated carbocycles. The van der Waals surface area contributed by atoms with Crippen LogP contribution in [0.3, 0.4) is 0 Å². The van der Waals surface area contributed by atoms with Crippen LogP contribution < -0.4 is 14.8 Å². The number of anilines is 1. The first-order chi connectivity index (χ1) is 14.6. The van der Waals surface area contributed by atoms with Gasteiger partial charge in [-0.2, -0.15) is 9.78 Å². The van der Waals surface area contributed by atoms with Crippen molar-refractivity contribution in [2.75, 3.05) is 19.5 Å². The minimum absolute atomic E-state index is 0.117. The summed E-state index contributed by atoms with van der Waals surface area (Å²) in [5.74, 6) is 2.11. The molecular weight excluding hydrogens is 386 g/mol. The Balaban J connectivity index is 1.73. The molecule has 10 heteroatoms. The largest absolute Gasteiger partial charge is 0.497 e. The van der Waals surface area contributed by atoms with Crippen LogP contribution in [0.4, 0.5) is 5.82 Å². The van der Waals surface area contributed by atoms with E-state index in [0.29, 0.717) is 34.3 Å². The van der Waals surface area contributed by atoms with E-state index >= 15 is 0 Å². The maximum Gasteiger partial charge on any atom is 0.226 e. The molecule has 2 N–H and O–H groups in total. The highest BCUT2D eigenvalue weighted by molar-refractivity contribution is 5.95. The lowest BCUT2D eigenvalue weighted by atomic mass is 9.85. The van der Waals surface area contributed by atoms with E-state index in [0.717, 1.165) is 16.8 Å². The molecular formula is C20H19N7O3. The number of aromatic nitrogens is 6. The first-order valence-corrected chi connectivity index (χ1v) is 9.36. The third kappa shape index (κ3) is 2.68. The zero-order chi connectivity index (χ0) is 20.8. The molecule has 1 aliphatic heterocycles. The molecule has 0 bridgehead atoms. The fraction of sp³-hybridized carbons (Fsp3) is 0.250. The number of hydrogen-bond donors (Lipinski definition) is 2. The van der Waals surface area contributed by atoms with Crippen LogP contribution in [0, 0.1) is 6.92 Å². The third-order valence-electron chi connectivity index (χ3n) is 5.32. The number of fused-ring (bicyclic) bond motifs is 2. The second-order valence-electron chi connectivity index (χ2n) is 6.97. The first kappa shape index (κ1) is 18.1. The molecule has 1 aliphatic rings. The summed E-state index contributed by atoms with van der Waals surface area (Å²) in [6.07, 6.45) is 3.25. The molecule has 5 rings (SSSR count). The van der Waals surface area contributed by atoms with Crippen LogP contribution >= 0.6 is 0 Å². The summed E-state index contributed by atoms with van der Waals surface area (Å²) in [6.45, 7) is 1.91. The average molecular weight is 405 g/mol. The van der Waals surface area contributed by atoms with Gasteiger partial charge in [0.2, 0.25) is 5.91 Å². The van der Waals surface area contributed by atoms with Crippen LogP contribution in [-0.4, -0.2) is 49.8 Å². The zero-order valence-electron chi connectivity index (χ0n) is 16.6. The van der Waals surface area contributed by atoms with E-state index in [1.54, 1.807) is 25.2 Å². The Kier molecular flexibility index (Phi) is 4.12. The third-order valence-corrected chi connectivity index (χ3v) is 5.32. The number of methoxy groups -OCH3 is 2. The Morgan fingerprint density at radius 3 is 2.83 bits per heavy atom. The van der Waals surface area contributed by atoms with Crippen molar-refractivity contribution in [3.63, 3.8) is 0 Å². The van der Waals surface area contributed by atoms with E-state index in [2.05, 4.69) is 25.3 Å². The van der Waals surface area contributed by atoms with Gasteiger partial charge in [-0.1, -0.05) is 0 Å². The number of nitrogens with one attached hydrogen (secondary N) is 2. The summed E-state index contributed by atoms with van der Waals surface area (Å²) in [6, 6.07) is 5.58. The number of ether oxygens (including phenoxy) is 2. The van der Waals surface area contributed by atoms with Crippen LogP contribution in [0.5, 0.6) is 11.5 Å². The highest BCUT2D eigenvalue weighted by Crippen LogP contribution is 2.44. The SMILES string of the molecule is COc1ccc(OC)c(C2CC(=O)Nc3c2c(C)nn3-c2ncnc3nc[nH]c23)c1. The number of aromatic amines is 1. The highest BCUT2D eigenvalue weighted by Gasteiger charge is 2.35. The predicted molar refractivity (Wildman–Crippen MR) is 108 cm³/mol. The van der Waals surface area contributed by atoms with Crippen molar-refractivity contribution < 1.29 is 14.3 Å². The molecule has 152 valence electrons. The van der Waals surface area contributed by atoms with Crippen molar-refractivity contribution in [2.24, 2.45) is 0 Å². The molecule has 0 saturated heterocycles. The number of rotatable bonds is 4. The van der Waals surface area contributed by atoms with Gasteiger partial charge in [-0.25, -0.2) is 15.0 Å². The first-order valence-electron chi connectivity index (χ1n) is 9.36. The van der Waals surface area contributed by atoms with Crippen molar-refractivity contribution >= 4 is 22.9 Å². The summed E-state index contributed by atoms with van der Waals surface area (Å²) < 4.78 is 12.6. The summed E-state index contributed by atoms with van der Waals surface area (Å²) in [7, 11) is 3.22. The van der Waals surface area contributed by atoms with Crippen LogP contribution in [0.25, 0.3) is 17.0 Å². The van der Waals surface area contributed by atoms with Crippen LogP contribution in [0.2, 0.25) is 0 Å². The molecule has 10 nitrogen and oxygen atoms in total. The Morgan fingerprint density at radius 2 is 2.03 bits per heavy atom. The lowest BCUT2D eigenvalue weighted by Crippen LogP contribution is -2.25. The molecule has 1 aromatic carbocycles. The summed E-state index contributed by atoms with van der Waals surface area (Å²) >= 11 is 0. The van der Waals surface area contributed by atoms with Gasteiger partial charge in [-0.3, -0.25) is 4.79 Å². The summed E-state index contributed by atoms with van der Waals surface area (Å²) in [4.78, 5) is 28.4. The number of nitrogens with zero attached hydrogens (tertiary/aromatic N) is 5. The summed E-state index contributed by atoms with van der Waals surface area (Å²) in [5, 5.41) is 7.66. The van der Waals surface area contributed by atoms with Crippen LogP contribution in [0.15, 0.2) is 30.9 Å². The second-order valence-corrected chi connectivity index (χ2v) is 6.97. The fourth-order valence-corrected chi connectivity index (χ4v) is 3.99. The van der Waals surface area contributed by atoms with Crippen molar-refractivity contribution in [1.29, 1.82) is 0 Å². The average Bonchev–Trinajstić information content (AvgIpc) is 3.37. The van der Waals surface area contributed by atoms with Gasteiger partial charge in [-0.05, 0) is 25.1 Å². The molecule has 1 atom stereocenters. The maximum absolute atomic E-state index is 12.7. The van der Waals surface area contributed by atoms with Crippen molar-refractivity contribution in [1.82, 2.24) is 29.7 Å². The van der Waals surface area contributed by atoms with E-state index in [9.17, 15) is 4.79 Å². The monoisotopic (exact) mass is 405 g/mol. The molecule has 4 heterocycles. The van der Waals surface area contributed by atoms with Gasteiger partial charge in [0.25, 0.3) is 0 Å². The minimum Gasteiger partial charge on any atom is -0.497 e. The number of benzene rings is 1. The fourth-order valence-electron chi connectivity index (χ4n) is 3.99. The normalized spacial score (nSPS) is 15.7. The van der Waals surface area contributed by atoms with Crippen LogP contribution in [-0.2, 0) is 4.79 Å². The number of H-pyrrole nitrogens is 1. The highest BCUT2D eigenvalue weighted by atomic mass is 16.5. The molecule has 1 unspecified atom stereocenters. The van der Waals surface area contributed by atoms with Crippen molar-refractivity contribution in [3.05, 3.63) is 47.7 Å². The van der Waals surface area contributed by atoms with E-state index < -0.39 is 0 Å². The smallest absolute Gasteiger partial charge is 0.226 e. The van der Waals surface area contributed by atoms with E-state index in [4.69, 9.17) is 14.6 Å². The van der Waals surface area contributed by atoms with Gasteiger partial charge in [0.05, 0.1) is 26.2 Å². The van der Waals surface area contributed by atoms with Gasteiger partial charge in [0.1, 0.15) is 29.2 Å². The topological polar surface area (TPSA) is 120 Å². The van der Waals surface area contributed by atoms with Gasteiger partial charge >= 0.3 is 0 Å². The lowest BCUT2D eigenvalue weighted by molar-refractivity contribution is -0.116. The Bertz CT molecular complexity index is 1280. The number of carbonyl (C=O) groups is 1. The molecule has 4 aromatic rings. The number of carbonyl (C=O) groups excluding carboxylic acids is 1. The van der Waals surface area contributed by atoms with E-state index in [1.807, 2.05) is 25.1 Å². The van der Waals surface area contributed by atoms with Gasteiger partial charge in [0, 0.05) is 23.5 Å². The molecule has 0 fully saturated rings. The van der Waals surface area contributed by atoms with Crippen molar-refractivity contribution in [2.45, 2.75) is 19.3 Å². The summed E-state index contributed by atoms with van der Waals surface area (Å²) in [5.41, 5.74) is 3.72. The van der Waals surface area contributed by atoms with Gasteiger partial charge in [0.15, 0.2) is 11.5 Å². The predicted octanol–water partition coefficient (Wildman–Crippen LogP) is 2.34. The molecule has 1 amide bonds. The van der Waals surface area contributed by atoms with E-state index in [-0.39, 0.29) is 18.2 Å².